The number of rotatable bonds is 4. The molecule has 4 heteroatoms. The van der Waals surface area contributed by atoms with Crippen LogP contribution in [0, 0.1) is 11.3 Å². The lowest BCUT2D eigenvalue weighted by Crippen LogP contribution is -2.57. The SMILES string of the molecule is CC1CCCC(CO)(NC(=O)C(C)(C)CN)C1. The minimum Gasteiger partial charge on any atom is -0.394 e. The third kappa shape index (κ3) is 3.42. The van der Waals surface area contributed by atoms with Crippen LogP contribution in [0.5, 0.6) is 0 Å². The Morgan fingerprint density at radius 1 is 1.59 bits per heavy atom. The Bertz CT molecular complexity index is 279. The highest BCUT2D eigenvalue weighted by Gasteiger charge is 2.38. The van der Waals surface area contributed by atoms with E-state index in [2.05, 4.69) is 12.2 Å². The lowest BCUT2D eigenvalue weighted by molar-refractivity contribution is -0.132. The molecule has 4 nitrogen and oxygen atoms in total. The Kier molecular flexibility index (Phi) is 4.55. The van der Waals surface area contributed by atoms with E-state index in [9.17, 15) is 9.90 Å². The van der Waals surface area contributed by atoms with Crippen molar-refractivity contribution in [1.82, 2.24) is 5.32 Å². The highest BCUT2D eigenvalue weighted by atomic mass is 16.3. The maximum atomic E-state index is 12.1. The Morgan fingerprint density at radius 2 is 2.24 bits per heavy atom. The molecular weight excluding hydrogens is 216 g/mol. The van der Waals surface area contributed by atoms with Crippen LogP contribution in [0.2, 0.25) is 0 Å². The Morgan fingerprint density at radius 3 is 2.71 bits per heavy atom. The molecule has 0 aromatic carbocycles. The van der Waals surface area contributed by atoms with Crippen molar-refractivity contribution >= 4 is 5.91 Å². The number of aliphatic hydroxyl groups excluding tert-OH is 1. The number of nitrogens with two attached hydrogens (primary N) is 1. The van der Waals surface area contributed by atoms with Gasteiger partial charge in [0, 0.05) is 6.54 Å². The highest BCUT2D eigenvalue weighted by Crippen LogP contribution is 2.32. The van der Waals surface area contributed by atoms with Gasteiger partial charge in [-0.25, -0.2) is 0 Å². The molecule has 0 saturated heterocycles. The third-order valence-corrected chi connectivity index (χ3v) is 3.90. The van der Waals surface area contributed by atoms with Crippen molar-refractivity contribution in [2.24, 2.45) is 17.1 Å². The maximum Gasteiger partial charge on any atom is 0.227 e. The first kappa shape index (κ1) is 14.5. The van der Waals surface area contributed by atoms with E-state index in [1.807, 2.05) is 13.8 Å². The summed E-state index contributed by atoms with van der Waals surface area (Å²) < 4.78 is 0. The van der Waals surface area contributed by atoms with Crippen LogP contribution >= 0.6 is 0 Å². The third-order valence-electron chi connectivity index (χ3n) is 3.90. The average Bonchev–Trinajstić information content (AvgIpc) is 2.29. The molecule has 17 heavy (non-hydrogen) atoms. The van der Waals surface area contributed by atoms with Crippen molar-refractivity contribution in [3.8, 4) is 0 Å². The average molecular weight is 242 g/mol. The van der Waals surface area contributed by atoms with Gasteiger partial charge in [-0.05, 0) is 32.6 Å². The second-order valence-electron chi connectivity index (χ2n) is 6.18. The first-order chi connectivity index (χ1) is 7.85. The molecule has 1 amide bonds. The number of carbonyl (C=O) groups is 1. The number of hydrogen-bond acceptors (Lipinski definition) is 3. The van der Waals surface area contributed by atoms with E-state index >= 15 is 0 Å². The smallest absolute Gasteiger partial charge is 0.227 e. The van der Waals surface area contributed by atoms with E-state index in [4.69, 9.17) is 5.73 Å². The molecule has 1 aliphatic rings. The zero-order valence-corrected chi connectivity index (χ0v) is 11.3. The number of carbonyl (C=O) groups excluding carboxylic acids is 1. The number of hydrogen-bond donors (Lipinski definition) is 3. The fourth-order valence-electron chi connectivity index (χ4n) is 2.46. The molecule has 2 atom stereocenters. The summed E-state index contributed by atoms with van der Waals surface area (Å²) in [6, 6.07) is 0. The number of aliphatic hydroxyl groups is 1. The van der Waals surface area contributed by atoms with Crippen LogP contribution in [-0.4, -0.2) is 29.7 Å². The van der Waals surface area contributed by atoms with Crippen LogP contribution in [0.3, 0.4) is 0 Å². The first-order valence-corrected chi connectivity index (χ1v) is 6.49. The number of nitrogens with one attached hydrogen (secondary N) is 1. The normalized spacial score (nSPS) is 30.1. The lowest BCUT2D eigenvalue weighted by Gasteiger charge is -2.41. The highest BCUT2D eigenvalue weighted by molar-refractivity contribution is 5.82. The molecule has 0 bridgehead atoms. The van der Waals surface area contributed by atoms with Gasteiger partial charge in [0.25, 0.3) is 0 Å². The topological polar surface area (TPSA) is 75.3 Å². The molecule has 1 fully saturated rings. The van der Waals surface area contributed by atoms with Gasteiger partial charge in [-0.15, -0.1) is 0 Å². The van der Waals surface area contributed by atoms with E-state index in [1.165, 1.54) is 6.42 Å². The zero-order valence-electron chi connectivity index (χ0n) is 11.3. The van der Waals surface area contributed by atoms with Crippen LogP contribution in [0.1, 0.15) is 46.5 Å². The fraction of sp³-hybridized carbons (Fsp3) is 0.923. The van der Waals surface area contributed by atoms with Crippen molar-refractivity contribution in [3.63, 3.8) is 0 Å². The second kappa shape index (κ2) is 5.36. The van der Waals surface area contributed by atoms with Gasteiger partial charge in [0.15, 0.2) is 0 Å². The summed E-state index contributed by atoms with van der Waals surface area (Å²) in [4.78, 5) is 12.1. The first-order valence-electron chi connectivity index (χ1n) is 6.49. The van der Waals surface area contributed by atoms with E-state index in [0.29, 0.717) is 12.5 Å². The zero-order chi connectivity index (χ0) is 13.1. The molecule has 0 heterocycles. The Hall–Kier alpha value is -0.610. The summed E-state index contributed by atoms with van der Waals surface area (Å²) >= 11 is 0. The minimum atomic E-state index is -0.567. The minimum absolute atomic E-state index is 0.0176. The molecule has 0 spiro atoms. The van der Waals surface area contributed by atoms with Crippen molar-refractivity contribution < 1.29 is 9.90 Å². The van der Waals surface area contributed by atoms with E-state index in [1.54, 1.807) is 0 Å². The van der Waals surface area contributed by atoms with Gasteiger partial charge in [0.1, 0.15) is 0 Å². The van der Waals surface area contributed by atoms with Gasteiger partial charge in [0.2, 0.25) is 5.91 Å². The molecule has 0 aliphatic heterocycles. The molecular formula is C13H26N2O2. The van der Waals surface area contributed by atoms with Gasteiger partial charge < -0.3 is 16.2 Å². The molecule has 0 radical (unpaired) electrons. The van der Waals surface area contributed by atoms with Crippen LogP contribution in [0.15, 0.2) is 0 Å². The van der Waals surface area contributed by atoms with Crippen LogP contribution < -0.4 is 11.1 Å². The Labute approximate surface area is 104 Å². The van der Waals surface area contributed by atoms with Gasteiger partial charge in [0.05, 0.1) is 17.6 Å². The molecule has 1 aliphatic carbocycles. The summed E-state index contributed by atoms with van der Waals surface area (Å²) in [6.45, 7) is 6.17. The quantitative estimate of drug-likeness (QED) is 0.689. The summed E-state index contributed by atoms with van der Waals surface area (Å²) in [5, 5.41) is 12.6. The predicted molar refractivity (Wildman–Crippen MR) is 68.4 cm³/mol. The van der Waals surface area contributed by atoms with Gasteiger partial charge >= 0.3 is 0 Å². The monoisotopic (exact) mass is 242 g/mol. The molecule has 0 aromatic heterocycles. The van der Waals surface area contributed by atoms with E-state index < -0.39 is 11.0 Å². The fourth-order valence-corrected chi connectivity index (χ4v) is 2.46. The lowest BCUT2D eigenvalue weighted by atomic mass is 9.76. The van der Waals surface area contributed by atoms with E-state index in [-0.39, 0.29) is 12.5 Å². The molecule has 2 unspecified atom stereocenters. The molecule has 1 saturated carbocycles. The summed E-state index contributed by atoms with van der Waals surface area (Å²) in [7, 11) is 0. The summed E-state index contributed by atoms with van der Waals surface area (Å²) in [6.07, 6.45) is 3.96. The van der Waals surface area contributed by atoms with Gasteiger partial charge in [-0.3, -0.25) is 4.79 Å². The van der Waals surface area contributed by atoms with Crippen molar-refractivity contribution in [1.29, 1.82) is 0 Å². The van der Waals surface area contributed by atoms with E-state index in [0.717, 1.165) is 19.3 Å². The Balaban J connectivity index is 2.72. The molecule has 100 valence electrons. The van der Waals surface area contributed by atoms with Crippen LogP contribution in [0.4, 0.5) is 0 Å². The van der Waals surface area contributed by atoms with Crippen molar-refractivity contribution in [3.05, 3.63) is 0 Å². The maximum absolute atomic E-state index is 12.1. The molecule has 4 N–H and O–H groups in total. The standard InChI is InChI=1S/C13H26N2O2/c1-10-5-4-6-13(7-10,9-16)15-11(17)12(2,3)8-14/h10,16H,4-9,14H2,1-3H3,(H,15,17). The van der Waals surface area contributed by atoms with Gasteiger partial charge in [-0.1, -0.05) is 19.8 Å². The van der Waals surface area contributed by atoms with Crippen LogP contribution in [-0.2, 0) is 4.79 Å². The largest absolute Gasteiger partial charge is 0.394 e. The van der Waals surface area contributed by atoms with Crippen LogP contribution in [0.25, 0.3) is 0 Å². The van der Waals surface area contributed by atoms with Crippen molar-refractivity contribution in [2.75, 3.05) is 13.2 Å². The van der Waals surface area contributed by atoms with Crippen molar-refractivity contribution in [2.45, 2.75) is 52.0 Å². The molecule has 1 rings (SSSR count). The predicted octanol–water partition coefficient (Wildman–Crippen LogP) is 1.03. The van der Waals surface area contributed by atoms with Gasteiger partial charge in [-0.2, -0.15) is 0 Å². The summed E-state index contributed by atoms with van der Waals surface area (Å²) in [5.41, 5.74) is 4.60. The second-order valence-corrected chi connectivity index (χ2v) is 6.18. The molecule has 0 aromatic rings. The summed E-state index contributed by atoms with van der Waals surface area (Å²) in [5.74, 6) is 0.500. The number of amides is 1.